The van der Waals surface area contributed by atoms with Crippen molar-refractivity contribution in [2.45, 2.75) is 6.54 Å². The molecule has 0 aliphatic carbocycles. The van der Waals surface area contributed by atoms with Crippen LogP contribution in [-0.4, -0.2) is 17.9 Å². The average molecular weight is 357 g/mol. The molecule has 0 saturated heterocycles. The van der Waals surface area contributed by atoms with E-state index in [9.17, 15) is 9.18 Å². The molecule has 2 aromatic carbocycles. The zero-order valence-corrected chi connectivity index (χ0v) is 13.1. The van der Waals surface area contributed by atoms with Crippen molar-refractivity contribution in [1.29, 1.82) is 0 Å². The van der Waals surface area contributed by atoms with Gasteiger partial charge in [-0.2, -0.15) is 0 Å². The lowest BCUT2D eigenvalue weighted by Gasteiger charge is -2.18. The summed E-state index contributed by atoms with van der Waals surface area (Å²) in [5.41, 5.74) is 0.948. The van der Waals surface area contributed by atoms with Crippen LogP contribution in [0, 0.1) is 5.82 Å². The summed E-state index contributed by atoms with van der Waals surface area (Å²) in [5.74, 6) is -1.07. The monoisotopic (exact) mass is 355 g/mol. The number of hydrogen-bond acceptors (Lipinski definition) is 1. The van der Waals surface area contributed by atoms with Gasteiger partial charge in [0.2, 0.25) is 0 Å². The van der Waals surface area contributed by atoms with Crippen LogP contribution in [0.2, 0.25) is 5.02 Å². The Balaban J connectivity index is 2.16. The van der Waals surface area contributed by atoms with E-state index < -0.39 is 11.7 Å². The number of hydrogen-bond donors (Lipinski definition) is 0. The minimum absolute atomic E-state index is 0.0166. The normalized spacial score (nSPS) is 10.4. The van der Waals surface area contributed by atoms with E-state index in [0.29, 0.717) is 6.54 Å². The molecule has 0 N–H and O–H groups in total. The van der Waals surface area contributed by atoms with Gasteiger partial charge in [-0.3, -0.25) is 4.79 Å². The van der Waals surface area contributed by atoms with Crippen LogP contribution in [-0.2, 0) is 6.54 Å². The molecule has 0 heterocycles. The number of nitrogens with zero attached hydrogens (tertiary/aromatic N) is 1. The van der Waals surface area contributed by atoms with Gasteiger partial charge in [-0.15, -0.1) is 0 Å². The van der Waals surface area contributed by atoms with Crippen molar-refractivity contribution in [1.82, 2.24) is 4.90 Å². The van der Waals surface area contributed by atoms with Gasteiger partial charge < -0.3 is 4.90 Å². The van der Waals surface area contributed by atoms with E-state index in [4.69, 9.17) is 11.6 Å². The summed E-state index contributed by atoms with van der Waals surface area (Å²) in [6.45, 7) is 0.401. The first-order valence-corrected chi connectivity index (χ1v) is 7.10. The molecule has 1 amide bonds. The van der Waals surface area contributed by atoms with Crippen LogP contribution >= 0.6 is 27.5 Å². The second-order valence-corrected chi connectivity index (χ2v) is 5.71. The Bertz CT molecular complexity index is 630. The summed E-state index contributed by atoms with van der Waals surface area (Å²) >= 11 is 9.04. The zero-order valence-electron chi connectivity index (χ0n) is 10.7. The molecule has 0 aliphatic heterocycles. The van der Waals surface area contributed by atoms with E-state index in [1.165, 1.54) is 17.0 Å². The smallest absolute Gasteiger partial charge is 0.256 e. The maximum absolute atomic E-state index is 13.8. The highest BCUT2D eigenvalue weighted by atomic mass is 79.9. The van der Waals surface area contributed by atoms with Crippen LogP contribution in [0.25, 0.3) is 0 Å². The summed E-state index contributed by atoms with van der Waals surface area (Å²) in [4.78, 5) is 13.7. The fourth-order valence-corrected chi connectivity index (χ4v) is 2.25. The third kappa shape index (κ3) is 3.38. The first-order valence-electron chi connectivity index (χ1n) is 5.93. The predicted molar refractivity (Wildman–Crippen MR) is 81.3 cm³/mol. The van der Waals surface area contributed by atoms with Gasteiger partial charge in [0.15, 0.2) is 5.82 Å². The standard InChI is InChI=1S/C15H12BrClFNO/c1-19(9-10-5-7-11(16)8-6-10)15(20)12-3-2-4-13(17)14(12)18/h2-8H,9H2,1H3. The summed E-state index contributed by atoms with van der Waals surface area (Å²) in [6, 6.07) is 12.0. The number of carbonyl (C=O) groups excluding carboxylic acids is 1. The Morgan fingerprint density at radius 1 is 1.25 bits per heavy atom. The predicted octanol–water partition coefficient (Wildman–Crippen LogP) is 4.51. The first kappa shape index (κ1) is 15.0. The summed E-state index contributed by atoms with van der Waals surface area (Å²) in [7, 11) is 1.63. The zero-order chi connectivity index (χ0) is 14.7. The molecule has 0 radical (unpaired) electrons. The molecule has 5 heteroatoms. The maximum Gasteiger partial charge on any atom is 0.256 e. The van der Waals surface area contributed by atoms with Crippen molar-refractivity contribution in [2.24, 2.45) is 0 Å². The van der Waals surface area contributed by atoms with Crippen LogP contribution < -0.4 is 0 Å². The SMILES string of the molecule is CN(Cc1ccc(Br)cc1)C(=O)c1cccc(Cl)c1F. The molecule has 2 nitrogen and oxygen atoms in total. The van der Waals surface area contributed by atoms with Gasteiger partial charge in [0, 0.05) is 18.1 Å². The van der Waals surface area contributed by atoms with Gasteiger partial charge >= 0.3 is 0 Å². The highest BCUT2D eigenvalue weighted by molar-refractivity contribution is 9.10. The Morgan fingerprint density at radius 2 is 1.90 bits per heavy atom. The van der Waals surface area contributed by atoms with Gasteiger partial charge in [0.25, 0.3) is 5.91 Å². The van der Waals surface area contributed by atoms with E-state index in [1.807, 2.05) is 24.3 Å². The van der Waals surface area contributed by atoms with Gasteiger partial charge in [-0.05, 0) is 29.8 Å². The third-order valence-corrected chi connectivity index (χ3v) is 3.68. The van der Waals surface area contributed by atoms with E-state index in [0.717, 1.165) is 10.0 Å². The number of benzene rings is 2. The second-order valence-electron chi connectivity index (χ2n) is 4.39. The Kier molecular flexibility index (Phi) is 4.78. The largest absolute Gasteiger partial charge is 0.337 e. The van der Waals surface area contributed by atoms with Crippen LogP contribution in [0.15, 0.2) is 46.9 Å². The summed E-state index contributed by atoms with van der Waals surface area (Å²) in [6.07, 6.45) is 0. The molecule has 0 bridgehead atoms. The molecule has 2 aromatic rings. The molecule has 0 atom stereocenters. The minimum Gasteiger partial charge on any atom is -0.337 e. The Labute approximate surface area is 130 Å². The van der Waals surface area contributed by atoms with Crippen molar-refractivity contribution >= 4 is 33.4 Å². The van der Waals surface area contributed by atoms with Crippen molar-refractivity contribution in [3.63, 3.8) is 0 Å². The maximum atomic E-state index is 13.8. The second kappa shape index (κ2) is 6.37. The average Bonchev–Trinajstić information content (AvgIpc) is 2.43. The van der Waals surface area contributed by atoms with Crippen molar-refractivity contribution in [3.8, 4) is 0 Å². The highest BCUT2D eigenvalue weighted by Crippen LogP contribution is 2.20. The first-order chi connectivity index (χ1) is 9.49. The Morgan fingerprint density at radius 3 is 2.55 bits per heavy atom. The molecule has 2 rings (SSSR count). The topological polar surface area (TPSA) is 20.3 Å². The van der Waals surface area contributed by atoms with Crippen LogP contribution in [0.3, 0.4) is 0 Å². The summed E-state index contributed by atoms with van der Waals surface area (Å²) in [5, 5.41) is -0.0482. The lowest BCUT2D eigenvalue weighted by molar-refractivity contribution is 0.0780. The Hall–Kier alpha value is -1.39. The van der Waals surface area contributed by atoms with Gasteiger partial charge in [-0.25, -0.2) is 4.39 Å². The molecule has 20 heavy (non-hydrogen) atoms. The number of halogens is 3. The van der Waals surface area contributed by atoms with Gasteiger partial charge in [-0.1, -0.05) is 45.7 Å². The van der Waals surface area contributed by atoms with E-state index >= 15 is 0 Å². The lowest BCUT2D eigenvalue weighted by atomic mass is 10.1. The van der Waals surface area contributed by atoms with Crippen LogP contribution in [0.4, 0.5) is 4.39 Å². The van der Waals surface area contributed by atoms with Crippen molar-refractivity contribution in [2.75, 3.05) is 7.05 Å². The molecular weight excluding hydrogens is 345 g/mol. The quantitative estimate of drug-likeness (QED) is 0.792. The fourth-order valence-electron chi connectivity index (χ4n) is 1.81. The minimum atomic E-state index is -0.679. The van der Waals surface area contributed by atoms with E-state index in [2.05, 4.69) is 15.9 Å². The molecule has 104 valence electrons. The van der Waals surface area contributed by atoms with Crippen molar-refractivity contribution in [3.05, 3.63) is 68.9 Å². The molecule has 0 fully saturated rings. The van der Waals surface area contributed by atoms with Gasteiger partial charge in [0.1, 0.15) is 0 Å². The lowest BCUT2D eigenvalue weighted by Crippen LogP contribution is -2.27. The van der Waals surface area contributed by atoms with Crippen LogP contribution in [0.5, 0.6) is 0 Å². The number of rotatable bonds is 3. The molecular formula is C15H12BrClFNO. The molecule has 0 unspecified atom stereocenters. The third-order valence-electron chi connectivity index (χ3n) is 2.86. The van der Waals surface area contributed by atoms with E-state index in [1.54, 1.807) is 13.1 Å². The highest BCUT2D eigenvalue weighted by Gasteiger charge is 2.17. The fraction of sp³-hybridized carbons (Fsp3) is 0.133. The number of carbonyl (C=O) groups is 1. The molecule has 0 aliphatic rings. The molecule has 0 spiro atoms. The number of amides is 1. The molecule has 0 aromatic heterocycles. The van der Waals surface area contributed by atoms with Gasteiger partial charge in [0.05, 0.1) is 10.6 Å². The van der Waals surface area contributed by atoms with Crippen molar-refractivity contribution < 1.29 is 9.18 Å². The molecule has 0 saturated carbocycles. The van der Waals surface area contributed by atoms with E-state index in [-0.39, 0.29) is 10.6 Å². The summed E-state index contributed by atoms with van der Waals surface area (Å²) < 4.78 is 14.8. The van der Waals surface area contributed by atoms with Crippen LogP contribution in [0.1, 0.15) is 15.9 Å².